The number of aromatic amines is 1. The Labute approximate surface area is 145 Å². The third-order valence-corrected chi connectivity index (χ3v) is 4.65. The first-order chi connectivity index (χ1) is 12.2. The molecule has 1 atom stereocenters. The second-order valence-electron chi connectivity index (χ2n) is 6.37. The Hall–Kier alpha value is -2.96. The minimum atomic E-state index is -0.0181. The van der Waals surface area contributed by atoms with Gasteiger partial charge >= 0.3 is 0 Å². The number of anilines is 1. The smallest absolute Gasteiger partial charge is 0.240 e. The summed E-state index contributed by atoms with van der Waals surface area (Å²) in [6, 6.07) is 8.44. The third kappa shape index (κ3) is 3.05. The van der Waals surface area contributed by atoms with Crippen molar-refractivity contribution in [2.75, 3.05) is 18.5 Å². The number of likely N-dealkylation sites (N-methyl/N-ethyl adjacent to an activating group) is 1. The fraction of sp³-hybridized carbons (Fsp3) is 0.333. The monoisotopic (exact) mass is 336 g/mol. The molecule has 0 saturated carbocycles. The molecule has 128 valence electrons. The molecule has 0 saturated heterocycles. The topological polar surface area (TPSA) is 86.8 Å². The molecule has 7 heteroatoms. The zero-order chi connectivity index (χ0) is 17.2. The quantitative estimate of drug-likeness (QED) is 0.761. The van der Waals surface area contributed by atoms with Gasteiger partial charge in [-0.05, 0) is 30.4 Å². The number of hydrogen-bond acceptors (Lipinski definition) is 5. The number of H-pyrrole nitrogens is 1. The Morgan fingerprint density at radius 1 is 1.32 bits per heavy atom. The van der Waals surface area contributed by atoms with Crippen LogP contribution in [0.1, 0.15) is 30.0 Å². The summed E-state index contributed by atoms with van der Waals surface area (Å²) in [5.74, 6) is 0.650. The molecule has 1 aromatic carbocycles. The van der Waals surface area contributed by atoms with E-state index in [9.17, 15) is 4.79 Å². The van der Waals surface area contributed by atoms with Gasteiger partial charge in [0.05, 0.1) is 18.9 Å². The number of carbonyl (C=O) groups excluding carboxylic acids is 1. The number of carbonyl (C=O) groups is 1. The van der Waals surface area contributed by atoms with Gasteiger partial charge in [0, 0.05) is 7.05 Å². The molecule has 2 N–H and O–H groups in total. The first-order valence-electron chi connectivity index (χ1n) is 8.45. The minimum Gasteiger partial charge on any atom is -0.348 e. The van der Waals surface area contributed by atoms with E-state index >= 15 is 0 Å². The first-order valence-corrected chi connectivity index (χ1v) is 8.45. The van der Waals surface area contributed by atoms with Crippen molar-refractivity contribution in [1.29, 1.82) is 0 Å². The zero-order valence-electron chi connectivity index (χ0n) is 14.1. The fourth-order valence-electron chi connectivity index (χ4n) is 3.48. The maximum Gasteiger partial charge on any atom is 0.240 e. The molecule has 25 heavy (non-hydrogen) atoms. The molecule has 1 aliphatic rings. The largest absolute Gasteiger partial charge is 0.348 e. The summed E-state index contributed by atoms with van der Waals surface area (Å²) in [6.07, 6.45) is 6.20. The van der Waals surface area contributed by atoms with Gasteiger partial charge in [0.25, 0.3) is 0 Å². The number of aromatic nitrogens is 4. The van der Waals surface area contributed by atoms with Crippen molar-refractivity contribution in [1.82, 2.24) is 25.3 Å². The molecular weight excluding hydrogens is 316 g/mol. The second kappa shape index (κ2) is 6.51. The van der Waals surface area contributed by atoms with Gasteiger partial charge in [0.15, 0.2) is 11.5 Å². The van der Waals surface area contributed by atoms with E-state index in [2.05, 4.69) is 43.5 Å². The number of aryl methyl sites for hydroxylation is 1. The maximum absolute atomic E-state index is 12.6. The number of imidazole rings is 1. The Balaban J connectivity index is 1.47. The maximum atomic E-state index is 12.6. The molecular formula is C18H20N6O. The summed E-state index contributed by atoms with van der Waals surface area (Å²) in [4.78, 5) is 29.9. The molecule has 0 unspecified atom stereocenters. The summed E-state index contributed by atoms with van der Waals surface area (Å²) >= 11 is 0. The number of benzene rings is 1. The number of hydrogen-bond donors (Lipinski definition) is 2. The van der Waals surface area contributed by atoms with Gasteiger partial charge in [-0.2, -0.15) is 0 Å². The van der Waals surface area contributed by atoms with Crippen LogP contribution in [-0.4, -0.2) is 39.4 Å². The van der Waals surface area contributed by atoms with Crippen molar-refractivity contribution in [3.05, 3.63) is 48.0 Å². The van der Waals surface area contributed by atoms with Crippen molar-refractivity contribution in [2.45, 2.75) is 25.3 Å². The van der Waals surface area contributed by atoms with E-state index in [4.69, 9.17) is 0 Å². The highest BCUT2D eigenvalue weighted by atomic mass is 16.2. The average molecular weight is 336 g/mol. The predicted octanol–water partition coefficient (Wildman–Crippen LogP) is 1.98. The molecule has 4 rings (SSSR count). The highest BCUT2D eigenvalue weighted by Crippen LogP contribution is 2.29. The number of rotatable bonds is 4. The lowest BCUT2D eigenvalue weighted by atomic mass is 9.88. The van der Waals surface area contributed by atoms with E-state index in [1.54, 1.807) is 6.33 Å². The van der Waals surface area contributed by atoms with Crippen LogP contribution in [0.25, 0.3) is 11.2 Å². The van der Waals surface area contributed by atoms with Gasteiger partial charge in [0.1, 0.15) is 11.8 Å². The normalized spacial score (nSPS) is 16.4. The lowest BCUT2D eigenvalue weighted by Crippen LogP contribution is -2.38. The third-order valence-electron chi connectivity index (χ3n) is 4.65. The zero-order valence-corrected chi connectivity index (χ0v) is 14.1. The molecule has 0 bridgehead atoms. The van der Waals surface area contributed by atoms with Crippen LogP contribution < -0.4 is 10.2 Å². The second-order valence-corrected chi connectivity index (χ2v) is 6.37. The predicted molar refractivity (Wildman–Crippen MR) is 95.2 cm³/mol. The molecule has 2 heterocycles. The molecule has 0 aliphatic heterocycles. The molecule has 7 nitrogen and oxygen atoms in total. The number of nitrogens with zero attached hydrogens (tertiary/aromatic N) is 4. The van der Waals surface area contributed by atoms with E-state index in [0.29, 0.717) is 11.5 Å². The van der Waals surface area contributed by atoms with Crippen LogP contribution in [0.3, 0.4) is 0 Å². The van der Waals surface area contributed by atoms with Gasteiger partial charge in [-0.25, -0.2) is 15.0 Å². The lowest BCUT2D eigenvalue weighted by molar-refractivity contribution is -0.120. The number of amides is 1. The van der Waals surface area contributed by atoms with E-state index < -0.39 is 0 Å². The average Bonchev–Trinajstić information content (AvgIpc) is 3.10. The summed E-state index contributed by atoms with van der Waals surface area (Å²) in [5, 5.41) is 3.17. The van der Waals surface area contributed by atoms with Gasteiger partial charge in [-0.1, -0.05) is 24.3 Å². The van der Waals surface area contributed by atoms with E-state index in [-0.39, 0.29) is 18.5 Å². The van der Waals surface area contributed by atoms with Crippen LogP contribution in [0.4, 0.5) is 5.82 Å². The van der Waals surface area contributed by atoms with Crippen molar-refractivity contribution in [3.63, 3.8) is 0 Å². The molecule has 1 aliphatic carbocycles. The lowest BCUT2D eigenvalue weighted by Gasteiger charge is -2.27. The highest BCUT2D eigenvalue weighted by molar-refractivity contribution is 5.87. The molecule has 2 aromatic heterocycles. The Kier molecular flexibility index (Phi) is 4.05. The van der Waals surface area contributed by atoms with Crippen LogP contribution in [0.5, 0.6) is 0 Å². The fourth-order valence-corrected chi connectivity index (χ4v) is 3.48. The van der Waals surface area contributed by atoms with Crippen molar-refractivity contribution in [2.24, 2.45) is 0 Å². The first kappa shape index (κ1) is 15.6. The highest BCUT2D eigenvalue weighted by Gasteiger charge is 2.22. The Morgan fingerprint density at radius 3 is 3.12 bits per heavy atom. The van der Waals surface area contributed by atoms with E-state index in [1.807, 2.05) is 18.0 Å². The van der Waals surface area contributed by atoms with Crippen LogP contribution in [-0.2, 0) is 11.2 Å². The van der Waals surface area contributed by atoms with Crippen LogP contribution >= 0.6 is 0 Å². The summed E-state index contributed by atoms with van der Waals surface area (Å²) in [6.45, 7) is 0.226. The Bertz CT molecular complexity index is 905. The van der Waals surface area contributed by atoms with Crippen LogP contribution in [0, 0.1) is 0 Å². The molecule has 3 aromatic rings. The van der Waals surface area contributed by atoms with Gasteiger partial charge in [-0.15, -0.1) is 0 Å². The van der Waals surface area contributed by atoms with Gasteiger partial charge in [0.2, 0.25) is 5.91 Å². The van der Waals surface area contributed by atoms with Gasteiger partial charge in [-0.3, -0.25) is 4.79 Å². The summed E-state index contributed by atoms with van der Waals surface area (Å²) < 4.78 is 0. The SMILES string of the molecule is CN(CC(=O)N[C@H]1CCCc2ccccc21)c1ncnc2nc[nH]c12. The molecule has 0 spiro atoms. The summed E-state index contributed by atoms with van der Waals surface area (Å²) in [5.41, 5.74) is 3.91. The number of nitrogens with one attached hydrogen (secondary N) is 2. The van der Waals surface area contributed by atoms with Crippen LogP contribution in [0.2, 0.25) is 0 Å². The van der Waals surface area contributed by atoms with Crippen molar-refractivity contribution in [3.8, 4) is 0 Å². The van der Waals surface area contributed by atoms with Gasteiger partial charge < -0.3 is 15.2 Å². The molecule has 1 amide bonds. The minimum absolute atomic E-state index is 0.0181. The molecule has 0 radical (unpaired) electrons. The summed E-state index contributed by atoms with van der Waals surface area (Å²) in [7, 11) is 1.84. The standard InChI is InChI=1S/C18H20N6O/c1-24(18-16-17(20-10-19-16)21-11-22-18)9-15(25)23-14-8-4-6-12-5-2-3-7-13(12)14/h2-3,5,7,10-11,14H,4,6,8-9H2,1H3,(H,23,25)(H,19,20,21,22)/t14-/m0/s1. The number of fused-ring (bicyclic) bond motifs is 2. The van der Waals surface area contributed by atoms with Crippen molar-refractivity contribution < 1.29 is 4.79 Å². The van der Waals surface area contributed by atoms with Crippen LogP contribution in [0.15, 0.2) is 36.9 Å². The van der Waals surface area contributed by atoms with E-state index in [1.165, 1.54) is 17.5 Å². The van der Waals surface area contributed by atoms with E-state index in [0.717, 1.165) is 24.8 Å². The Morgan fingerprint density at radius 2 is 2.20 bits per heavy atom. The molecule has 0 fully saturated rings. The van der Waals surface area contributed by atoms with Crippen molar-refractivity contribution >= 4 is 22.9 Å².